The number of benzene rings is 1. The van der Waals surface area contributed by atoms with Gasteiger partial charge in [-0.25, -0.2) is 0 Å². The molecule has 96 valence electrons. The first-order valence-electron chi connectivity index (χ1n) is 6.64. The first-order valence-corrected chi connectivity index (χ1v) is 6.64. The second-order valence-electron chi connectivity index (χ2n) is 5.14. The first-order chi connectivity index (χ1) is 8.75. The molecule has 0 amide bonds. The summed E-state index contributed by atoms with van der Waals surface area (Å²) in [6, 6.07) is 14.9. The Morgan fingerprint density at radius 1 is 1.06 bits per heavy atom. The summed E-state index contributed by atoms with van der Waals surface area (Å²) in [5, 5.41) is 3.49. The van der Waals surface area contributed by atoms with Gasteiger partial charge >= 0.3 is 0 Å². The molecule has 2 nitrogen and oxygen atoms in total. The van der Waals surface area contributed by atoms with E-state index in [2.05, 4.69) is 72.4 Å². The van der Waals surface area contributed by atoms with Crippen LogP contribution in [-0.2, 0) is 13.1 Å². The maximum absolute atomic E-state index is 3.49. The van der Waals surface area contributed by atoms with Crippen molar-refractivity contribution in [1.29, 1.82) is 0 Å². The monoisotopic (exact) mass is 242 g/mol. The Bertz CT molecular complexity index is 457. The predicted octanol–water partition coefficient (Wildman–Crippen LogP) is 3.28. The number of hydrogen-bond acceptors (Lipinski definition) is 1. The van der Waals surface area contributed by atoms with E-state index in [0.29, 0.717) is 5.92 Å². The molecule has 0 spiro atoms. The van der Waals surface area contributed by atoms with E-state index in [1.54, 1.807) is 0 Å². The van der Waals surface area contributed by atoms with Gasteiger partial charge in [-0.05, 0) is 30.2 Å². The van der Waals surface area contributed by atoms with E-state index in [9.17, 15) is 0 Å². The molecule has 2 aromatic rings. The summed E-state index contributed by atoms with van der Waals surface area (Å²) in [6.45, 7) is 7.42. The van der Waals surface area contributed by atoms with E-state index in [-0.39, 0.29) is 0 Å². The Balaban J connectivity index is 1.95. The Labute approximate surface area is 110 Å². The van der Waals surface area contributed by atoms with Gasteiger partial charge in [0.2, 0.25) is 0 Å². The first kappa shape index (κ1) is 12.9. The van der Waals surface area contributed by atoms with Gasteiger partial charge in [0.15, 0.2) is 0 Å². The smallest absolute Gasteiger partial charge is 0.0473 e. The molecule has 0 atom stereocenters. The normalized spacial score (nSPS) is 11.1. The van der Waals surface area contributed by atoms with Crippen LogP contribution in [0.5, 0.6) is 0 Å². The predicted molar refractivity (Wildman–Crippen MR) is 76.5 cm³/mol. The lowest BCUT2D eigenvalue weighted by Crippen LogP contribution is -2.20. The van der Waals surface area contributed by atoms with Crippen LogP contribution in [0.2, 0.25) is 0 Å². The van der Waals surface area contributed by atoms with E-state index in [4.69, 9.17) is 0 Å². The van der Waals surface area contributed by atoms with Gasteiger partial charge in [0, 0.05) is 25.0 Å². The van der Waals surface area contributed by atoms with Crippen LogP contribution in [0.15, 0.2) is 48.7 Å². The fourth-order valence-electron chi connectivity index (χ4n) is 2.03. The quantitative estimate of drug-likeness (QED) is 0.822. The molecule has 2 rings (SSSR count). The molecule has 0 saturated heterocycles. The summed E-state index contributed by atoms with van der Waals surface area (Å²) < 4.78 is 2.31. The van der Waals surface area contributed by atoms with Gasteiger partial charge in [0.05, 0.1) is 0 Å². The van der Waals surface area contributed by atoms with Crippen molar-refractivity contribution >= 4 is 0 Å². The maximum atomic E-state index is 3.49. The highest BCUT2D eigenvalue weighted by molar-refractivity contribution is 5.17. The lowest BCUT2D eigenvalue weighted by molar-refractivity contribution is 0.539. The molecule has 1 heterocycles. The third-order valence-corrected chi connectivity index (χ3v) is 2.98. The zero-order valence-corrected chi connectivity index (χ0v) is 11.3. The molecule has 0 unspecified atom stereocenters. The van der Waals surface area contributed by atoms with Gasteiger partial charge in [0.1, 0.15) is 0 Å². The fourth-order valence-corrected chi connectivity index (χ4v) is 2.03. The number of nitrogens with one attached hydrogen (secondary N) is 1. The van der Waals surface area contributed by atoms with Crippen molar-refractivity contribution in [2.24, 2.45) is 5.92 Å². The molecule has 0 saturated carbocycles. The van der Waals surface area contributed by atoms with Gasteiger partial charge in [0.25, 0.3) is 0 Å². The van der Waals surface area contributed by atoms with E-state index in [1.165, 1.54) is 11.3 Å². The van der Waals surface area contributed by atoms with Crippen molar-refractivity contribution in [1.82, 2.24) is 9.88 Å². The second kappa shape index (κ2) is 6.41. The molecular formula is C16H22N2. The number of hydrogen-bond donors (Lipinski definition) is 1. The van der Waals surface area contributed by atoms with Gasteiger partial charge in [-0.2, -0.15) is 0 Å². The lowest BCUT2D eigenvalue weighted by Gasteiger charge is -2.11. The van der Waals surface area contributed by atoms with Crippen molar-refractivity contribution in [3.63, 3.8) is 0 Å². The van der Waals surface area contributed by atoms with Crippen molar-refractivity contribution in [2.75, 3.05) is 6.54 Å². The molecule has 1 aromatic heterocycles. The zero-order valence-electron chi connectivity index (χ0n) is 11.3. The van der Waals surface area contributed by atoms with Crippen LogP contribution in [-0.4, -0.2) is 11.1 Å². The number of nitrogens with zero attached hydrogens (tertiary/aromatic N) is 1. The minimum Gasteiger partial charge on any atom is -0.346 e. The van der Waals surface area contributed by atoms with Crippen LogP contribution in [0.3, 0.4) is 0 Å². The van der Waals surface area contributed by atoms with Crippen molar-refractivity contribution in [2.45, 2.75) is 26.9 Å². The van der Waals surface area contributed by atoms with Crippen LogP contribution in [0.4, 0.5) is 0 Å². The van der Waals surface area contributed by atoms with E-state index < -0.39 is 0 Å². The molecular weight excluding hydrogens is 220 g/mol. The Kier molecular flexibility index (Phi) is 4.59. The molecule has 0 aliphatic carbocycles. The minimum absolute atomic E-state index is 0.697. The molecule has 1 aromatic carbocycles. The topological polar surface area (TPSA) is 17.0 Å². The van der Waals surface area contributed by atoms with Crippen LogP contribution in [0, 0.1) is 5.92 Å². The largest absolute Gasteiger partial charge is 0.346 e. The highest BCUT2D eigenvalue weighted by atomic mass is 15.0. The molecule has 0 radical (unpaired) electrons. The maximum Gasteiger partial charge on any atom is 0.0473 e. The summed E-state index contributed by atoms with van der Waals surface area (Å²) in [5.74, 6) is 0.697. The highest BCUT2D eigenvalue weighted by Gasteiger charge is 2.02. The fraction of sp³-hybridized carbons (Fsp3) is 0.375. The average molecular weight is 242 g/mol. The van der Waals surface area contributed by atoms with Gasteiger partial charge in [-0.3, -0.25) is 0 Å². The summed E-state index contributed by atoms with van der Waals surface area (Å²) in [4.78, 5) is 0. The SMILES string of the molecule is CC(C)CNCc1cccn1Cc1ccccc1. The molecule has 18 heavy (non-hydrogen) atoms. The number of rotatable bonds is 6. The highest BCUT2D eigenvalue weighted by Crippen LogP contribution is 2.07. The van der Waals surface area contributed by atoms with E-state index >= 15 is 0 Å². The van der Waals surface area contributed by atoms with Crippen molar-refractivity contribution in [3.8, 4) is 0 Å². The van der Waals surface area contributed by atoms with Crippen molar-refractivity contribution < 1.29 is 0 Å². The van der Waals surface area contributed by atoms with Gasteiger partial charge in [-0.15, -0.1) is 0 Å². The van der Waals surface area contributed by atoms with Gasteiger partial charge < -0.3 is 9.88 Å². The van der Waals surface area contributed by atoms with Crippen LogP contribution >= 0.6 is 0 Å². The van der Waals surface area contributed by atoms with Crippen molar-refractivity contribution in [3.05, 3.63) is 59.9 Å². The summed E-state index contributed by atoms with van der Waals surface area (Å²) >= 11 is 0. The third kappa shape index (κ3) is 3.74. The standard InChI is InChI=1S/C16H22N2/c1-14(2)11-17-12-16-9-6-10-18(16)13-15-7-4-3-5-8-15/h3-10,14,17H,11-13H2,1-2H3. The van der Waals surface area contributed by atoms with Crippen LogP contribution in [0.25, 0.3) is 0 Å². The summed E-state index contributed by atoms with van der Waals surface area (Å²) in [5.41, 5.74) is 2.69. The van der Waals surface area contributed by atoms with E-state index in [0.717, 1.165) is 19.6 Å². The zero-order chi connectivity index (χ0) is 12.8. The summed E-state index contributed by atoms with van der Waals surface area (Å²) in [6.07, 6.45) is 2.15. The van der Waals surface area contributed by atoms with Crippen LogP contribution < -0.4 is 5.32 Å². The van der Waals surface area contributed by atoms with E-state index in [1.807, 2.05) is 0 Å². The molecule has 1 N–H and O–H groups in total. The van der Waals surface area contributed by atoms with Crippen LogP contribution in [0.1, 0.15) is 25.1 Å². The van der Waals surface area contributed by atoms with Gasteiger partial charge in [-0.1, -0.05) is 44.2 Å². The Morgan fingerprint density at radius 3 is 2.56 bits per heavy atom. The molecule has 0 aliphatic heterocycles. The molecule has 0 aliphatic rings. The lowest BCUT2D eigenvalue weighted by atomic mass is 10.2. The Hall–Kier alpha value is -1.54. The third-order valence-electron chi connectivity index (χ3n) is 2.98. The second-order valence-corrected chi connectivity index (χ2v) is 5.14. The average Bonchev–Trinajstić information content (AvgIpc) is 2.78. The summed E-state index contributed by atoms with van der Waals surface area (Å²) in [7, 11) is 0. The molecule has 0 bridgehead atoms. The number of aromatic nitrogens is 1. The molecule has 2 heteroatoms. The Morgan fingerprint density at radius 2 is 1.83 bits per heavy atom. The minimum atomic E-state index is 0.697. The molecule has 0 fully saturated rings.